The van der Waals surface area contributed by atoms with Crippen LogP contribution < -0.4 is 15.4 Å². The van der Waals surface area contributed by atoms with Crippen molar-refractivity contribution in [2.45, 2.75) is 27.3 Å². The number of anilines is 1. The normalized spacial score (nSPS) is 11.0. The first-order chi connectivity index (χ1) is 14.9. The first-order valence-electron chi connectivity index (χ1n) is 9.55. The first-order valence-corrected chi connectivity index (χ1v) is 11.2. The van der Waals surface area contributed by atoms with Crippen molar-refractivity contribution >= 4 is 50.6 Å². The van der Waals surface area contributed by atoms with Gasteiger partial charge >= 0.3 is 0 Å². The van der Waals surface area contributed by atoms with Gasteiger partial charge in [-0.25, -0.2) is 4.98 Å². The molecule has 2 N–H and O–H groups in total. The molecule has 0 aliphatic carbocycles. The predicted molar refractivity (Wildman–Crippen MR) is 123 cm³/mol. The number of ether oxygens (including phenoxy) is 1. The lowest BCUT2D eigenvalue weighted by atomic mass is 10.1. The van der Waals surface area contributed by atoms with E-state index in [1.54, 1.807) is 30.6 Å². The van der Waals surface area contributed by atoms with Crippen molar-refractivity contribution in [2.24, 2.45) is 0 Å². The molecule has 0 atom stereocenters. The number of methoxy groups -OCH3 is 1. The molecule has 0 spiro atoms. The Morgan fingerprint density at radius 1 is 1.16 bits per heavy atom. The van der Waals surface area contributed by atoms with Crippen molar-refractivity contribution in [3.05, 3.63) is 51.4 Å². The molecule has 4 aromatic rings. The monoisotopic (exact) mass is 455 g/mol. The zero-order chi connectivity index (χ0) is 22.1. The van der Waals surface area contributed by atoms with E-state index in [0.29, 0.717) is 23.0 Å². The lowest BCUT2D eigenvalue weighted by Gasteiger charge is -1.99. The van der Waals surface area contributed by atoms with Crippen molar-refractivity contribution in [3.8, 4) is 16.3 Å². The van der Waals surface area contributed by atoms with Crippen LogP contribution in [-0.2, 0) is 11.3 Å². The highest BCUT2D eigenvalue weighted by atomic mass is 32.1. The zero-order valence-corrected chi connectivity index (χ0v) is 19.1. The van der Waals surface area contributed by atoms with Gasteiger partial charge in [0.1, 0.15) is 11.3 Å². The summed E-state index contributed by atoms with van der Waals surface area (Å²) in [6.07, 6.45) is 0. The van der Waals surface area contributed by atoms with Crippen LogP contribution in [0.1, 0.15) is 32.8 Å². The summed E-state index contributed by atoms with van der Waals surface area (Å²) in [4.78, 5) is 31.6. The van der Waals surface area contributed by atoms with E-state index in [2.05, 4.69) is 15.6 Å². The summed E-state index contributed by atoms with van der Waals surface area (Å²) < 4.78 is 11.0. The second-order valence-corrected chi connectivity index (χ2v) is 9.34. The van der Waals surface area contributed by atoms with E-state index in [1.807, 2.05) is 32.0 Å². The summed E-state index contributed by atoms with van der Waals surface area (Å²) in [5.41, 5.74) is 2.20. The molecule has 0 unspecified atom stereocenters. The largest absolute Gasteiger partial charge is 0.497 e. The smallest absolute Gasteiger partial charge is 0.293 e. The minimum absolute atomic E-state index is 0.0656. The van der Waals surface area contributed by atoms with Gasteiger partial charge in [-0.1, -0.05) is 0 Å². The van der Waals surface area contributed by atoms with Gasteiger partial charge in [-0.15, -0.1) is 22.7 Å². The number of carbonyl (C=O) groups excluding carboxylic acids is 2. The SMILES string of the molecule is COc1ccc2oc(C(=O)Nc3nc(-c4ccc(CNC(C)=O)s4)c(C)s3)c(C)c2c1. The minimum Gasteiger partial charge on any atom is -0.497 e. The van der Waals surface area contributed by atoms with Crippen LogP contribution in [0.25, 0.3) is 21.5 Å². The minimum atomic E-state index is -0.342. The van der Waals surface area contributed by atoms with E-state index in [-0.39, 0.29) is 17.6 Å². The number of carbonyl (C=O) groups is 2. The van der Waals surface area contributed by atoms with Gasteiger partial charge < -0.3 is 14.5 Å². The maximum atomic E-state index is 12.9. The van der Waals surface area contributed by atoms with Crippen molar-refractivity contribution in [3.63, 3.8) is 0 Å². The molecule has 0 fully saturated rings. The van der Waals surface area contributed by atoms with Gasteiger partial charge in [0, 0.05) is 27.6 Å². The van der Waals surface area contributed by atoms with Gasteiger partial charge in [0.2, 0.25) is 5.91 Å². The fraction of sp³-hybridized carbons (Fsp3) is 0.227. The number of furan rings is 1. The molecule has 0 aliphatic heterocycles. The van der Waals surface area contributed by atoms with Crippen LogP contribution in [0.15, 0.2) is 34.7 Å². The molecule has 4 rings (SSSR count). The highest BCUT2D eigenvalue weighted by Crippen LogP contribution is 2.35. The number of aryl methyl sites for hydroxylation is 2. The third-order valence-corrected chi connectivity index (χ3v) is 6.75. The van der Waals surface area contributed by atoms with E-state index in [0.717, 1.165) is 31.3 Å². The number of nitrogens with zero attached hydrogens (tertiary/aromatic N) is 1. The number of aromatic nitrogens is 1. The Bertz CT molecular complexity index is 1290. The van der Waals surface area contributed by atoms with E-state index < -0.39 is 0 Å². The number of hydrogen-bond acceptors (Lipinski definition) is 7. The summed E-state index contributed by atoms with van der Waals surface area (Å²) in [6, 6.07) is 9.39. The zero-order valence-electron chi connectivity index (χ0n) is 17.5. The Morgan fingerprint density at radius 2 is 1.97 bits per heavy atom. The molecular formula is C22H21N3O4S2. The molecule has 31 heavy (non-hydrogen) atoms. The number of amides is 2. The average molecular weight is 456 g/mol. The Kier molecular flexibility index (Phi) is 5.79. The third kappa shape index (κ3) is 4.33. The van der Waals surface area contributed by atoms with Crippen LogP contribution in [0.5, 0.6) is 5.75 Å². The summed E-state index contributed by atoms with van der Waals surface area (Å²) in [5.74, 6) is 0.554. The maximum Gasteiger partial charge on any atom is 0.293 e. The molecule has 0 bridgehead atoms. The van der Waals surface area contributed by atoms with Crippen molar-refractivity contribution in [1.29, 1.82) is 0 Å². The Balaban J connectivity index is 1.54. The number of nitrogens with one attached hydrogen (secondary N) is 2. The summed E-state index contributed by atoms with van der Waals surface area (Å²) in [7, 11) is 1.60. The van der Waals surface area contributed by atoms with Crippen molar-refractivity contribution in [2.75, 3.05) is 12.4 Å². The number of benzene rings is 1. The number of rotatable bonds is 6. The highest BCUT2D eigenvalue weighted by Gasteiger charge is 2.20. The molecule has 0 saturated carbocycles. The van der Waals surface area contributed by atoms with Gasteiger partial charge in [0.05, 0.1) is 24.2 Å². The van der Waals surface area contributed by atoms with Crippen LogP contribution in [0, 0.1) is 13.8 Å². The van der Waals surface area contributed by atoms with Gasteiger partial charge in [-0.2, -0.15) is 0 Å². The number of fused-ring (bicyclic) bond motifs is 1. The Labute approximate surface area is 187 Å². The molecule has 2 amide bonds. The molecule has 0 aliphatic rings. The van der Waals surface area contributed by atoms with E-state index in [1.165, 1.54) is 18.3 Å². The van der Waals surface area contributed by atoms with Crippen LogP contribution in [-0.4, -0.2) is 23.9 Å². The Morgan fingerprint density at radius 3 is 2.71 bits per heavy atom. The van der Waals surface area contributed by atoms with Gasteiger partial charge in [-0.05, 0) is 44.2 Å². The van der Waals surface area contributed by atoms with Crippen LogP contribution in [0.2, 0.25) is 0 Å². The van der Waals surface area contributed by atoms with Gasteiger partial charge in [0.25, 0.3) is 5.91 Å². The molecule has 3 aromatic heterocycles. The fourth-order valence-electron chi connectivity index (χ4n) is 3.19. The molecule has 3 heterocycles. The lowest BCUT2D eigenvalue weighted by molar-refractivity contribution is -0.119. The van der Waals surface area contributed by atoms with E-state index >= 15 is 0 Å². The number of hydrogen-bond donors (Lipinski definition) is 2. The number of thiophene rings is 1. The van der Waals surface area contributed by atoms with E-state index in [9.17, 15) is 9.59 Å². The van der Waals surface area contributed by atoms with E-state index in [4.69, 9.17) is 9.15 Å². The lowest BCUT2D eigenvalue weighted by Crippen LogP contribution is -2.17. The van der Waals surface area contributed by atoms with Crippen LogP contribution in [0.3, 0.4) is 0 Å². The molecule has 0 radical (unpaired) electrons. The summed E-state index contributed by atoms with van der Waals surface area (Å²) >= 11 is 2.98. The second-order valence-electron chi connectivity index (χ2n) is 6.97. The molecule has 160 valence electrons. The molecule has 0 saturated heterocycles. The molecule has 7 nitrogen and oxygen atoms in total. The predicted octanol–water partition coefficient (Wildman–Crippen LogP) is 5.13. The fourth-order valence-corrected chi connectivity index (χ4v) is 5.07. The van der Waals surface area contributed by atoms with Gasteiger partial charge in [0.15, 0.2) is 10.9 Å². The van der Waals surface area contributed by atoms with Crippen molar-refractivity contribution in [1.82, 2.24) is 10.3 Å². The van der Waals surface area contributed by atoms with Crippen molar-refractivity contribution < 1.29 is 18.7 Å². The van der Waals surface area contributed by atoms with Crippen LogP contribution in [0.4, 0.5) is 5.13 Å². The average Bonchev–Trinajstić information content (AvgIpc) is 3.43. The highest BCUT2D eigenvalue weighted by molar-refractivity contribution is 7.18. The van der Waals surface area contributed by atoms with Crippen LogP contribution >= 0.6 is 22.7 Å². The molecule has 1 aromatic carbocycles. The quantitative estimate of drug-likeness (QED) is 0.420. The molecular weight excluding hydrogens is 434 g/mol. The number of thiazole rings is 1. The Hall–Kier alpha value is -3.17. The summed E-state index contributed by atoms with van der Waals surface area (Å²) in [6.45, 7) is 5.80. The summed E-state index contributed by atoms with van der Waals surface area (Å²) in [5, 5.41) is 7.00. The third-order valence-electron chi connectivity index (χ3n) is 4.77. The topological polar surface area (TPSA) is 93.5 Å². The standard InChI is InChI=1S/C22H21N3O4S2/c1-11-16-9-14(28-4)5-7-17(16)29-20(11)21(27)25-22-24-19(12(2)30-22)18-8-6-15(31-18)10-23-13(3)26/h5-9H,10H2,1-4H3,(H,23,26)(H,24,25,27). The van der Waals surface area contributed by atoms with Gasteiger partial charge in [-0.3, -0.25) is 14.9 Å². The maximum absolute atomic E-state index is 12.9. The second kappa shape index (κ2) is 8.52. The molecule has 9 heteroatoms. The first kappa shape index (κ1) is 21.1.